The lowest BCUT2D eigenvalue weighted by Gasteiger charge is -2.28. The van der Waals surface area contributed by atoms with E-state index < -0.39 is 17.2 Å². The van der Waals surface area contributed by atoms with E-state index in [0.717, 1.165) is 25.7 Å². The van der Waals surface area contributed by atoms with Crippen molar-refractivity contribution >= 4 is 23.3 Å². The van der Waals surface area contributed by atoms with E-state index in [1.54, 1.807) is 7.05 Å². The van der Waals surface area contributed by atoms with Crippen LogP contribution in [0.2, 0.25) is 0 Å². The number of nitrogens with two attached hydrogens (primary N) is 1. The Morgan fingerprint density at radius 2 is 1.71 bits per heavy atom. The van der Waals surface area contributed by atoms with Crippen LogP contribution < -0.4 is 21.9 Å². The predicted molar refractivity (Wildman–Crippen MR) is 122 cm³/mol. The number of H-pyrrole nitrogens is 1. The lowest BCUT2D eigenvalue weighted by molar-refractivity contribution is -0.134. The summed E-state index contributed by atoms with van der Waals surface area (Å²) in [5, 5.41) is 0. The van der Waals surface area contributed by atoms with Crippen molar-refractivity contribution in [3.05, 3.63) is 20.8 Å². The Labute approximate surface area is 183 Å². The van der Waals surface area contributed by atoms with Gasteiger partial charge in [-0.3, -0.25) is 23.9 Å². The topological polar surface area (TPSA) is 121 Å². The molecule has 174 valence electrons. The van der Waals surface area contributed by atoms with Gasteiger partial charge in [0.25, 0.3) is 5.56 Å². The second kappa shape index (κ2) is 10.6. The monoisotopic (exact) mass is 435 g/mol. The quantitative estimate of drug-likeness (QED) is 0.613. The molecule has 1 saturated carbocycles. The molecule has 0 aromatic carbocycles. The molecule has 2 rings (SSSR count). The minimum atomic E-state index is -0.698. The summed E-state index contributed by atoms with van der Waals surface area (Å²) in [4.78, 5) is 55.7. The summed E-state index contributed by atoms with van der Waals surface area (Å²) in [6.07, 6.45) is 4.84. The van der Waals surface area contributed by atoms with Crippen LogP contribution in [0.3, 0.4) is 0 Å². The van der Waals surface area contributed by atoms with E-state index in [0.29, 0.717) is 18.9 Å². The summed E-state index contributed by atoms with van der Waals surface area (Å²) in [5.41, 5.74) is 4.89. The Kier molecular flexibility index (Phi) is 8.47. The first-order chi connectivity index (χ1) is 14.5. The number of carbonyl (C=O) groups is 2. The van der Waals surface area contributed by atoms with Crippen LogP contribution in [0.5, 0.6) is 0 Å². The van der Waals surface area contributed by atoms with Crippen LogP contribution in [0, 0.1) is 17.8 Å². The molecule has 31 heavy (non-hydrogen) atoms. The third-order valence-corrected chi connectivity index (χ3v) is 5.62. The van der Waals surface area contributed by atoms with Gasteiger partial charge in [0, 0.05) is 26.6 Å². The van der Waals surface area contributed by atoms with Gasteiger partial charge in [0.05, 0.1) is 6.54 Å². The highest BCUT2D eigenvalue weighted by atomic mass is 16.2. The predicted octanol–water partition coefficient (Wildman–Crippen LogP) is 1.80. The molecule has 1 aliphatic rings. The summed E-state index contributed by atoms with van der Waals surface area (Å²) in [7, 11) is 1.61. The van der Waals surface area contributed by atoms with Crippen molar-refractivity contribution in [3.63, 3.8) is 0 Å². The number of anilines is 2. The van der Waals surface area contributed by atoms with Gasteiger partial charge in [0.1, 0.15) is 5.82 Å². The zero-order chi connectivity index (χ0) is 23.3. The van der Waals surface area contributed by atoms with Gasteiger partial charge in [0.2, 0.25) is 11.8 Å². The maximum absolute atomic E-state index is 13.2. The van der Waals surface area contributed by atoms with E-state index >= 15 is 0 Å². The molecule has 1 aliphatic carbocycles. The van der Waals surface area contributed by atoms with Gasteiger partial charge in [-0.15, -0.1) is 0 Å². The molecule has 1 fully saturated rings. The van der Waals surface area contributed by atoms with Gasteiger partial charge in [-0.1, -0.05) is 40.5 Å². The third-order valence-electron chi connectivity index (χ3n) is 5.62. The summed E-state index contributed by atoms with van der Waals surface area (Å²) >= 11 is 0. The number of nitrogens with one attached hydrogen (secondary N) is 1. The summed E-state index contributed by atoms with van der Waals surface area (Å²) in [6.45, 7) is 8.11. The van der Waals surface area contributed by atoms with Crippen LogP contribution in [0.15, 0.2) is 9.59 Å². The minimum Gasteiger partial charge on any atom is -0.383 e. The molecule has 0 atom stereocenters. The molecule has 1 aromatic rings. The normalized spacial score (nSPS) is 14.4. The zero-order valence-corrected chi connectivity index (χ0v) is 19.4. The number of likely N-dealkylation sites (N-methyl/N-ethyl adjacent to an activating group) is 1. The molecule has 0 aliphatic heterocycles. The van der Waals surface area contributed by atoms with Gasteiger partial charge in [-0.05, 0) is 30.6 Å². The number of carbonyl (C=O) groups excluding carboxylic acids is 2. The van der Waals surface area contributed by atoms with Gasteiger partial charge in [-0.2, -0.15) is 0 Å². The third kappa shape index (κ3) is 6.45. The number of hydrogen-bond donors (Lipinski definition) is 2. The van der Waals surface area contributed by atoms with Crippen LogP contribution in [0.1, 0.15) is 59.8 Å². The molecular formula is C22H37N5O4. The van der Waals surface area contributed by atoms with Crippen molar-refractivity contribution in [1.29, 1.82) is 0 Å². The Morgan fingerprint density at radius 3 is 2.26 bits per heavy atom. The maximum atomic E-state index is 13.2. The summed E-state index contributed by atoms with van der Waals surface area (Å²) < 4.78 is 1.29. The fourth-order valence-corrected chi connectivity index (χ4v) is 4.06. The van der Waals surface area contributed by atoms with Crippen molar-refractivity contribution in [2.24, 2.45) is 17.8 Å². The van der Waals surface area contributed by atoms with Crippen LogP contribution in [-0.4, -0.2) is 46.4 Å². The molecule has 9 nitrogen and oxygen atoms in total. The van der Waals surface area contributed by atoms with Crippen LogP contribution >= 0.6 is 0 Å². The molecule has 0 radical (unpaired) electrons. The highest BCUT2D eigenvalue weighted by molar-refractivity contribution is 5.98. The number of nitrogen functional groups attached to an aromatic ring is 1. The van der Waals surface area contributed by atoms with Crippen molar-refractivity contribution in [2.75, 3.05) is 30.8 Å². The molecule has 0 saturated heterocycles. The molecular weight excluding hydrogens is 398 g/mol. The Bertz CT molecular complexity index is 896. The minimum absolute atomic E-state index is 0.0311. The van der Waals surface area contributed by atoms with Crippen LogP contribution in [-0.2, 0) is 16.1 Å². The SMILES string of the molecule is CC(C)CN(C(=O)CN(C)C(=O)CC1CCCC1)c1c(N)n(CC(C)C)c(=O)[nH]c1=O. The maximum Gasteiger partial charge on any atom is 0.330 e. The van der Waals surface area contributed by atoms with Crippen molar-refractivity contribution < 1.29 is 9.59 Å². The van der Waals surface area contributed by atoms with E-state index in [1.807, 2.05) is 27.7 Å². The first kappa shape index (κ1) is 24.7. The highest BCUT2D eigenvalue weighted by Gasteiger charge is 2.28. The molecule has 9 heteroatoms. The van der Waals surface area contributed by atoms with Crippen molar-refractivity contribution in [1.82, 2.24) is 14.5 Å². The average molecular weight is 436 g/mol. The van der Waals surface area contributed by atoms with Gasteiger partial charge in [-0.25, -0.2) is 4.79 Å². The number of hydrogen-bond acceptors (Lipinski definition) is 5. The molecule has 1 aromatic heterocycles. The largest absolute Gasteiger partial charge is 0.383 e. The first-order valence-electron chi connectivity index (χ1n) is 11.2. The average Bonchev–Trinajstić information content (AvgIpc) is 3.16. The Hall–Kier alpha value is -2.58. The molecule has 3 N–H and O–H groups in total. The van der Waals surface area contributed by atoms with Crippen molar-refractivity contribution in [3.8, 4) is 0 Å². The van der Waals surface area contributed by atoms with Crippen LogP contribution in [0.25, 0.3) is 0 Å². The number of aromatic amines is 1. The van der Waals surface area contributed by atoms with E-state index in [1.165, 1.54) is 14.4 Å². The van der Waals surface area contributed by atoms with E-state index in [4.69, 9.17) is 5.73 Å². The second-order valence-corrected chi connectivity index (χ2v) is 9.50. The molecule has 0 spiro atoms. The van der Waals surface area contributed by atoms with E-state index in [9.17, 15) is 19.2 Å². The van der Waals surface area contributed by atoms with Crippen molar-refractivity contribution in [2.45, 2.75) is 66.3 Å². The van der Waals surface area contributed by atoms with Gasteiger partial charge >= 0.3 is 5.69 Å². The lowest BCUT2D eigenvalue weighted by Crippen LogP contribution is -2.47. The molecule has 0 bridgehead atoms. The summed E-state index contributed by atoms with van der Waals surface area (Å²) in [6, 6.07) is 0. The Balaban J connectivity index is 2.30. The zero-order valence-electron chi connectivity index (χ0n) is 19.4. The lowest BCUT2D eigenvalue weighted by atomic mass is 10.0. The second-order valence-electron chi connectivity index (χ2n) is 9.50. The number of rotatable bonds is 9. The van der Waals surface area contributed by atoms with E-state index in [-0.39, 0.29) is 42.3 Å². The number of aromatic nitrogens is 2. The number of nitrogens with zero attached hydrogens (tertiary/aromatic N) is 3. The standard InChI is InChI=1S/C22H37N5O4/c1-14(2)11-26(18(29)13-25(5)17(28)10-16-8-6-7-9-16)19-20(23)27(12-15(3)4)22(31)24-21(19)30/h14-16H,6-13,23H2,1-5H3,(H,24,30,31). The summed E-state index contributed by atoms with van der Waals surface area (Å²) in [5.74, 6) is 0.0469. The molecule has 2 amide bonds. The Morgan fingerprint density at radius 1 is 1.10 bits per heavy atom. The molecule has 1 heterocycles. The van der Waals surface area contributed by atoms with E-state index in [2.05, 4.69) is 4.98 Å². The number of amides is 2. The smallest absolute Gasteiger partial charge is 0.330 e. The molecule has 0 unspecified atom stereocenters. The fraction of sp³-hybridized carbons (Fsp3) is 0.727. The fourth-order valence-electron chi connectivity index (χ4n) is 4.06. The van der Waals surface area contributed by atoms with Gasteiger partial charge < -0.3 is 15.5 Å². The van der Waals surface area contributed by atoms with Crippen LogP contribution in [0.4, 0.5) is 11.5 Å². The highest BCUT2D eigenvalue weighted by Crippen LogP contribution is 2.28. The first-order valence-corrected chi connectivity index (χ1v) is 11.2. The van der Waals surface area contributed by atoms with Gasteiger partial charge in [0.15, 0.2) is 5.69 Å².